The molecule has 1 heterocycles. The van der Waals surface area contributed by atoms with Crippen LogP contribution >= 0.6 is 0 Å². The van der Waals surface area contributed by atoms with Crippen molar-refractivity contribution in [2.75, 3.05) is 5.73 Å². The first-order chi connectivity index (χ1) is 5.65. The second-order valence-electron chi connectivity index (χ2n) is 2.27. The number of nitrogen functional groups attached to an aromatic ring is 1. The molecule has 0 saturated carbocycles. The van der Waals surface area contributed by atoms with E-state index in [2.05, 4.69) is 4.98 Å². The number of hydrogen-bond acceptors (Lipinski definition) is 3. The van der Waals surface area contributed by atoms with Crippen LogP contribution in [-0.2, 0) is 6.61 Å². The molecule has 0 unspecified atom stereocenters. The standard InChI is InChI=1S/C7H8F2N2O/c8-7(9)6-1-5(10)4(3-12)2-11-6/h1-2,7,12H,3H2,(H2,10,11). The van der Waals surface area contributed by atoms with Crippen molar-refractivity contribution in [3.8, 4) is 0 Å². The Balaban J connectivity index is 3.02. The third-order valence-electron chi connectivity index (χ3n) is 1.44. The van der Waals surface area contributed by atoms with Crippen molar-refractivity contribution in [3.63, 3.8) is 0 Å². The predicted octanol–water partition coefficient (Wildman–Crippen LogP) is 1.09. The topological polar surface area (TPSA) is 59.1 Å². The lowest BCUT2D eigenvalue weighted by molar-refractivity contribution is 0.146. The number of rotatable bonds is 2. The molecule has 1 aromatic rings. The lowest BCUT2D eigenvalue weighted by Crippen LogP contribution is -1.99. The van der Waals surface area contributed by atoms with Gasteiger partial charge in [0.25, 0.3) is 6.43 Å². The van der Waals surface area contributed by atoms with Gasteiger partial charge in [-0.25, -0.2) is 8.78 Å². The van der Waals surface area contributed by atoms with E-state index in [0.29, 0.717) is 5.56 Å². The zero-order chi connectivity index (χ0) is 9.14. The minimum absolute atomic E-state index is 0.141. The van der Waals surface area contributed by atoms with Crippen LogP contribution in [-0.4, -0.2) is 10.1 Å². The highest BCUT2D eigenvalue weighted by Gasteiger charge is 2.09. The molecule has 1 aromatic heterocycles. The van der Waals surface area contributed by atoms with Crippen molar-refractivity contribution in [1.82, 2.24) is 4.98 Å². The van der Waals surface area contributed by atoms with E-state index < -0.39 is 6.43 Å². The summed E-state index contributed by atoms with van der Waals surface area (Å²) in [6, 6.07) is 1.07. The second-order valence-corrected chi connectivity index (χ2v) is 2.27. The van der Waals surface area contributed by atoms with Gasteiger partial charge in [-0.1, -0.05) is 0 Å². The van der Waals surface area contributed by atoms with E-state index in [1.165, 1.54) is 0 Å². The van der Waals surface area contributed by atoms with Gasteiger partial charge in [0.15, 0.2) is 0 Å². The molecule has 0 aliphatic rings. The van der Waals surface area contributed by atoms with Crippen LogP contribution in [0.25, 0.3) is 0 Å². The average Bonchev–Trinajstić information content (AvgIpc) is 2.04. The summed E-state index contributed by atoms with van der Waals surface area (Å²) in [6.45, 7) is -0.289. The van der Waals surface area contributed by atoms with Crippen LogP contribution in [0.5, 0.6) is 0 Å². The Morgan fingerprint density at radius 2 is 2.25 bits per heavy atom. The summed E-state index contributed by atoms with van der Waals surface area (Å²) in [5.41, 5.74) is 5.47. The second kappa shape index (κ2) is 3.44. The summed E-state index contributed by atoms with van der Waals surface area (Å²) < 4.78 is 24.0. The molecule has 0 saturated heterocycles. The number of aliphatic hydroxyl groups excluding tert-OH is 1. The zero-order valence-corrected chi connectivity index (χ0v) is 6.17. The lowest BCUT2D eigenvalue weighted by atomic mass is 10.2. The van der Waals surface area contributed by atoms with E-state index in [1.807, 2.05) is 0 Å². The maximum absolute atomic E-state index is 12.0. The van der Waals surface area contributed by atoms with Crippen LogP contribution in [0.3, 0.4) is 0 Å². The number of aromatic nitrogens is 1. The number of alkyl halides is 2. The number of hydrogen-bond donors (Lipinski definition) is 2. The lowest BCUT2D eigenvalue weighted by Gasteiger charge is -2.03. The van der Waals surface area contributed by atoms with E-state index in [9.17, 15) is 8.78 Å². The highest BCUT2D eigenvalue weighted by atomic mass is 19.3. The molecular weight excluding hydrogens is 166 g/mol. The molecular formula is C7H8F2N2O. The highest BCUT2D eigenvalue weighted by Crippen LogP contribution is 2.20. The quantitative estimate of drug-likeness (QED) is 0.705. The Morgan fingerprint density at radius 3 is 2.67 bits per heavy atom. The van der Waals surface area contributed by atoms with Crippen molar-refractivity contribution in [2.24, 2.45) is 0 Å². The van der Waals surface area contributed by atoms with Gasteiger partial charge in [-0.2, -0.15) is 0 Å². The van der Waals surface area contributed by atoms with E-state index in [4.69, 9.17) is 10.8 Å². The molecule has 0 fully saturated rings. The maximum Gasteiger partial charge on any atom is 0.280 e. The molecule has 66 valence electrons. The molecule has 1 rings (SSSR count). The molecule has 0 aliphatic heterocycles. The van der Waals surface area contributed by atoms with E-state index >= 15 is 0 Å². The number of nitrogens with two attached hydrogens (primary N) is 1. The first-order valence-electron chi connectivity index (χ1n) is 3.28. The number of aliphatic hydroxyl groups is 1. The molecule has 0 aliphatic carbocycles. The normalized spacial score (nSPS) is 10.7. The molecule has 0 bridgehead atoms. The van der Waals surface area contributed by atoms with Crippen molar-refractivity contribution in [1.29, 1.82) is 0 Å². The van der Waals surface area contributed by atoms with Gasteiger partial charge in [0.1, 0.15) is 5.69 Å². The van der Waals surface area contributed by atoms with Gasteiger partial charge in [0, 0.05) is 17.4 Å². The Kier molecular flexibility index (Phi) is 2.54. The van der Waals surface area contributed by atoms with Crippen LogP contribution in [0.2, 0.25) is 0 Å². The van der Waals surface area contributed by atoms with Gasteiger partial charge < -0.3 is 10.8 Å². The van der Waals surface area contributed by atoms with Crippen LogP contribution in [0.4, 0.5) is 14.5 Å². The first-order valence-corrected chi connectivity index (χ1v) is 3.28. The summed E-state index contributed by atoms with van der Waals surface area (Å²) >= 11 is 0. The van der Waals surface area contributed by atoms with Crippen molar-refractivity contribution < 1.29 is 13.9 Å². The summed E-state index contributed by atoms with van der Waals surface area (Å²) in [7, 11) is 0. The summed E-state index contributed by atoms with van der Waals surface area (Å²) in [5.74, 6) is 0. The van der Waals surface area contributed by atoms with E-state index in [1.54, 1.807) is 0 Å². The average molecular weight is 174 g/mol. The Labute approximate surface area is 67.8 Å². The SMILES string of the molecule is Nc1cc(C(F)F)ncc1CO. The van der Waals surface area contributed by atoms with Crippen molar-refractivity contribution in [2.45, 2.75) is 13.0 Å². The zero-order valence-electron chi connectivity index (χ0n) is 6.17. The van der Waals surface area contributed by atoms with Crippen molar-refractivity contribution in [3.05, 3.63) is 23.5 Å². The van der Waals surface area contributed by atoms with Crippen molar-refractivity contribution >= 4 is 5.69 Å². The number of halogens is 2. The molecule has 0 atom stereocenters. The fourth-order valence-electron chi connectivity index (χ4n) is 0.768. The van der Waals surface area contributed by atoms with Gasteiger partial charge in [-0.05, 0) is 6.07 Å². The van der Waals surface area contributed by atoms with E-state index in [0.717, 1.165) is 12.3 Å². The van der Waals surface area contributed by atoms with Gasteiger partial charge in [-0.15, -0.1) is 0 Å². The predicted molar refractivity (Wildman–Crippen MR) is 39.5 cm³/mol. The fraction of sp³-hybridized carbons (Fsp3) is 0.286. The minimum Gasteiger partial charge on any atom is -0.398 e. The van der Waals surface area contributed by atoms with Gasteiger partial charge in [0.2, 0.25) is 0 Å². The summed E-state index contributed by atoms with van der Waals surface area (Å²) in [6.07, 6.45) is -1.48. The smallest absolute Gasteiger partial charge is 0.280 e. The molecule has 0 spiro atoms. The number of nitrogens with zero attached hydrogens (tertiary/aromatic N) is 1. The van der Waals surface area contributed by atoms with Crippen LogP contribution in [0.15, 0.2) is 12.3 Å². The van der Waals surface area contributed by atoms with Crippen LogP contribution in [0, 0.1) is 0 Å². The van der Waals surface area contributed by atoms with Gasteiger partial charge in [0.05, 0.1) is 6.61 Å². The Bertz CT molecular complexity index is 278. The maximum atomic E-state index is 12.0. The highest BCUT2D eigenvalue weighted by molar-refractivity contribution is 5.46. The molecule has 0 aromatic carbocycles. The molecule has 3 nitrogen and oxygen atoms in total. The minimum atomic E-state index is -2.62. The first kappa shape index (κ1) is 8.86. The van der Waals surface area contributed by atoms with Crippen LogP contribution in [0.1, 0.15) is 17.7 Å². The molecule has 3 N–H and O–H groups in total. The summed E-state index contributed by atoms with van der Waals surface area (Å²) in [4.78, 5) is 3.42. The van der Waals surface area contributed by atoms with Crippen LogP contribution < -0.4 is 5.73 Å². The Hall–Kier alpha value is -1.23. The molecule has 12 heavy (non-hydrogen) atoms. The molecule has 5 heteroatoms. The third kappa shape index (κ3) is 1.68. The van der Waals surface area contributed by atoms with Gasteiger partial charge in [-0.3, -0.25) is 4.98 Å². The largest absolute Gasteiger partial charge is 0.398 e. The monoisotopic (exact) mass is 174 g/mol. The molecule has 0 amide bonds. The number of anilines is 1. The van der Waals surface area contributed by atoms with Gasteiger partial charge >= 0.3 is 0 Å². The Morgan fingerprint density at radius 1 is 1.58 bits per heavy atom. The third-order valence-corrected chi connectivity index (χ3v) is 1.44. The molecule has 0 radical (unpaired) electrons. The fourth-order valence-corrected chi connectivity index (χ4v) is 0.768. The number of pyridine rings is 1. The summed E-state index contributed by atoms with van der Waals surface area (Å²) in [5, 5.41) is 8.64. The van der Waals surface area contributed by atoms with E-state index in [-0.39, 0.29) is 18.0 Å².